The number of aromatic nitrogens is 1. The normalized spacial score (nSPS) is 12.0. The van der Waals surface area contributed by atoms with Gasteiger partial charge in [-0.05, 0) is 43.2 Å². The molecule has 0 N–H and O–H groups in total. The molecule has 1 amide bonds. The summed E-state index contributed by atoms with van der Waals surface area (Å²) in [6.07, 6.45) is 0.931. The molecular weight excluding hydrogens is 311 g/mol. The first kappa shape index (κ1) is 15.6. The van der Waals surface area contributed by atoms with E-state index in [-0.39, 0.29) is 5.56 Å². The van der Waals surface area contributed by atoms with Crippen LogP contribution in [-0.4, -0.2) is 10.5 Å². The second kappa shape index (κ2) is 6.46. The molecular formula is C18H17FN2OS. The van der Waals surface area contributed by atoms with Crippen molar-refractivity contribution in [2.24, 2.45) is 4.99 Å². The number of hydrogen-bond donors (Lipinski definition) is 0. The van der Waals surface area contributed by atoms with E-state index in [1.54, 1.807) is 12.1 Å². The summed E-state index contributed by atoms with van der Waals surface area (Å²) in [5, 5.41) is 0. The number of nitrogens with zero attached hydrogens (tertiary/aromatic N) is 2. The summed E-state index contributed by atoms with van der Waals surface area (Å²) in [4.78, 5) is 17.1. The number of hydrogen-bond acceptors (Lipinski definition) is 2. The molecule has 23 heavy (non-hydrogen) atoms. The number of benzene rings is 2. The molecule has 3 rings (SSSR count). The second-order valence-electron chi connectivity index (χ2n) is 5.40. The van der Waals surface area contributed by atoms with Gasteiger partial charge in [-0.3, -0.25) is 4.79 Å². The Labute approximate surface area is 137 Å². The first-order chi connectivity index (χ1) is 11.1. The highest BCUT2D eigenvalue weighted by Gasteiger charge is 2.12. The molecule has 0 atom stereocenters. The van der Waals surface area contributed by atoms with Crippen LogP contribution in [0.3, 0.4) is 0 Å². The van der Waals surface area contributed by atoms with Gasteiger partial charge < -0.3 is 4.57 Å². The topological polar surface area (TPSA) is 34.4 Å². The maximum atomic E-state index is 13.8. The smallest absolute Gasteiger partial charge is 0.282 e. The van der Waals surface area contributed by atoms with Crippen LogP contribution in [0.5, 0.6) is 0 Å². The number of halogens is 1. The monoisotopic (exact) mass is 328 g/mol. The number of carbonyl (C=O) groups is 1. The van der Waals surface area contributed by atoms with Crippen molar-refractivity contribution in [3.63, 3.8) is 0 Å². The predicted molar refractivity (Wildman–Crippen MR) is 91.1 cm³/mol. The number of thiazole rings is 1. The molecule has 3 nitrogen and oxygen atoms in total. The second-order valence-corrected chi connectivity index (χ2v) is 6.41. The van der Waals surface area contributed by atoms with E-state index in [0.29, 0.717) is 4.80 Å². The predicted octanol–water partition coefficient (Wildman–Crippen LogP) is 4.30. The maximum Gasteiger partial charge on any atom is 0.282 e. The zero-order valence-corrected chi connectivity index (χ0v) is 13.9. The Morgan fingerprint density at radius 3 is 2.78 bits per heavy atom. The molecule has 0 spiro atoms. The van der Waals surface area contributed by atoms with E-state index in [9.17, 15) is 9.18 Å². The summed E-state index contributed by atoms with van der Waals surface area (Å²) in [5.41, 5.74) is 2.22. The van der Waals surface area contributed by atoms with Gasteiger partial charge in [-0.15, -0.1) is 0 Å². The molecule has 5 heteroatoms. The van der Waals surface area contributed by atoms with Gasteiger partial charge in [-0.2, -0.15) is 4.99 Å². The zero-order valence-electron chi connectivity index (χ0n) is 13.0. The Hall–Kier alpha value is -2.27. The lowest BCUT2D eigenvalue weighted by atomic mass is 10.2. The minimum atomic E-state index is -0.545. The molecule has 2 aromatic carbocycles. The van der Waals surface area contributed by atoms with Gasteiger partial charge in [0.05, 0.1) is 15.8 Å². The fraction of sp³-hybridized carbons (Fsp3) is 0.222. The van der Waals surface area contributed by atoms with Crippen LogP contribution in [-0.2, 0) is 6.54 Å². The minimum Gasteiger partial charge on any atom is -0.316 e. The molecule has 0 fully saturated rings. The van der Waals surface area contributed by atoms with E-state index >= 15 is 0 Å². The first-order valence-electron chi connectivity index (χ1n) is 7.53. The van der Waals surface area contributed by atoms with Crippen LogP contribution in [0.25, 0.3) is 10.2 Å². The van der Waals surface area contributed by atoms with Crippen LogP contribution in [0, 0.1) is 12.7 Å². The Bertz CT molecular complexity index is 940. The number of aryl methyl sites for hydroxylation is 2. The van der Waals surface area contributed by atoms with Crippen LogP contribution in [0.4, 0.5) is 4.39 Å². The molecule has 0 saturated carbocycles. The number of carbonyl (C=O) groups excluding carboxylic acids is 1. The molecule has 1 heterocycles. The lowest BCUT2D eigenvalue weighted by molar-refractivity contribution is 0.0994. The van der Waals surface area contributed by atoms with Crippen LogP contribution in [0.15, 0.2) is 47.5 Å². The summed E-state index contributed by atoms with van der Waals surface area (Å²) in [7, 11) is 0. The first-order valence-corrected chi connectivity index (χ1v) is 8.35. The standard InChI is InChI=1S/C18H17FN2OS/c1-3-10-21-15-9-8-12(2)11-16(15)23-18(21)20-17(22)13-6-4-5-7-14(13)19/h4-9,11H,3,10H2,1-2H3. The van der Waals surface area contributed by atoms with Crippen molar-refractivity contribution in [2.45, 2.75) is 26.8 Å². The number of fused-ring (bicyclic) bond motifs is 1. The molecule has 0 aliphatic heterocycles. The quantitative estimate of drug-likeness (QED) is 0.706. The summed E-state index contributed by atoms with van der Waals surface area (Å²) in [5.74, 6) is -1.09. The highest BCUT2D eigenvalue weighted by Crippen LogP contribution is 2.19. The highest BCUT2D eigenvalue weighted by atomic mass is 32.1. The van der Waals surface area contributed by atoms with E-state index < -0.39 is 11.7 Å². The molecule has 0 aliphatic rings. The van der Waals surface area contributed by atoms with Crippen molar-refractivity contribution in [3.8, 4) is 0 Å². The van der Waals surface area contributed by atoms with Gasteiger partial charge in [0.25, 0.3) is 5.91 Å². The Balaban J connectivity index is 2.16. The Morgan fingerprint density at radius 1 is 1.26 bits per heavy atom. The summed E-state index contributed by atoms with van der Waals surface area (Å²) in [6.45, 7) is 4.88. The van der Waals surface area contributed by atoms with Crippen LogP contribution in [0.1, 0.15) is 29.3 Å². The van der Waals surface area contributed by atoms with E-state index in [1.165, 1.54) is 23.5 Å². The summed E-state index contributed by atoms with van der Waals surface area (Å²) < 4.78 is 16.9. The molecule has 3 aromatic rings. The molecule has 0 radical (unpaired) electrons. The van der Waals surface area contributed by atoms with E-state index in [1.807, 2.05) is 23.6 Å². The largest absolute Gasteiger partial charge is 0.316 e. The van der Waals surface area contributed by atoms with Gasteiger partial charge in [0.15, 0.2) is 4.80 Å². The van der Waals surface area contributed by atoms with Crippen LogP contribution >= 0.6 is 11.3 Å². The van der Waals surface area contributed by atoms with Crippen molar-refractivity contribution in [1.29, 1.82) is 0 Å². The molecule has 1 aromatic heterocycles. The zero-order chi connectivity index (χ0) is 16.4. The SMILES string of the molecule is CCCn1c(=NC(=O)c2ccccc2F)sc2cc(C)ccc21. The van der Waals surface area contributed by atoms with E-state index in [0.717, 1.165) is 28.7 Å². The Kier molecular flexibility index (Phi) is 4.39. The van der Waals surface area contributed by atoms with Gasteiger partial charge in [0.2, 0.25) is 0 Å². The highest BCUT2D eigenvalue weighted by molar-refractivity contribution is 7.16. The van der Waals surface area contributed by atoms with Gasteiger partial charge in [0, 0.05) is 6.54 Å². The lowest BCUT2D eigenvalue weighted by Crippen LogP contribution is -2.17. The van der Waals surface area contributed by atoms with Crippen LogP contribution in [0.2, 0.25) is 0 Å². The third-order valence-corrected chi connectivity index (χ3v) is 4.63. The van der Waals surface area contributed by atoms with Crippen molar-refractivity contribution < 1.29 is 9.18 Å². The lowest BCUT2D eigenvalue weighted by Gasteiger charge is -2.03. The fourth-order valence-electron chi connectivity index (χ4n) is 2.49. The van der Waals surface area contributed by atoms with E-state index in [4.69, 9.17) is 0 Å². The van der Waals surface area contributed by atoms with Gasteiger partial charge in [0.1, 0.15) is 5.82 Å². The van der Waals surface area contributed by atoms with Gasteiger partial charge in [-0.1, -0.05) is 36.5 Å². The molecule has 0 unspecified atom stereocenters. The summed E-state index contributed by atoms with van der Waals surface area (Å²) in [6, 6.07) is 12.1. The van der Waals surface area contributed by atoms with Crippen molar-refractivity contribution >= 4 is 27.5 Å². The molecule has 118 valence electrons. The average Bonchev–Trinajstić information content (AvgIpc) is 2.84. The van der Waals surface area contributed by atoms with Crippen molar-refractivity contribution in [2.75, 3.05) is 0 Å². The number of rotatable bonds is 3. The molecule has 0 bridgehead atoms. The van der Waals surface area contributed by atoms with Crippen molar-refractivity contribution in [1.82, 2.24) is 4.57 Å². The Morgan fingerprint density at radius 2 is 2.04 bits per heavy atom. The minimum absolute atomic E-state index is 0.00388. The van der Waals surface area contributed by atoms with E-state index in [2.05, 4.69) is 18.0 Å². The molecule has 0 aliphatic carbocycles. The molecule has 0 saturated heterocycles. The van der Waals surface area contributed by atoms with Gasteiger partial charge >= 0.3 is 0 Å². The third-order valence-electron chi connectivity index (χ3n) is 3.59. The number of amides is 1. The maximum absolute atomic E-state index is 13.8. The van der Waals surface area contributed by atoms with Crippen LogP contribution < -0.4 is 4.80 Å². The summed E-state index contributed by atoms with van der Waals surface area (Å²) >= 11 is 1.46. The average molecular weight is 328 g/mol. The van der Waals surface area contributed by atoms with Crippen molar-refractivity contribution in [3.05, 3.63) is 64.2 Å². The fourth-order valence-corrected chi connectivity index (χ4v) is 3.64. The third kappa shape index (κ3) is 3.10. The van der Waals surface area contributed by atoms with Gasteiger partial charge in [-0.25, -0.2) is 4.39 Å².